The maximum Gasteiger partial charge on any atom is 0.175 e. The Labute approximate surface area is 66.3 Å². The van der Waals surface area contributed by atoms with Gasteiger partial charge in [0.15, 0.2) is 11.6 Å². The van der Waals surface area contributed by atoms with Gasteiger partial charge >= 0.3 is 0 Å². The van der Waals surface area contributed by atoms with Crippen molar-refractivity contribution in [3.8, 4) is 0 Å². The van der Waals surface area contributed by atoms with E-state index in [1.54, 1.807) is 13.8 Å². The van der Waals surface area contributed by atoms with Crippen LogP contribution < -0.4 is 5.73 Å². The SMILES string of the molecule is CC(=O)/C(N)=C\C(=O)C(C)C. The fraction of sp³-hybridized carbons (Fsp3) is 0.500. The van der Waals surface area contributed by atoms with Gasteiger partial charge in [0.2, 0.25) is 0 Å². The van der Waals surface area contributed by atoms with Crippen LogP contribution in [0, 0.1) is 5.92 Å². The molecule has 3 heteroatoms. The minimum atomic E-state index is -0.265. The van der Waals surface area contributed by atoms with Gasteiger partial charge in [-0.25, -0.2) is 0 Å². The highest BCUT2D eigenvalue weighted by Gasteiger charge is 2.05. The molecule has 0 bridgehead atoms. The van der Waals surface area contributed by atoms with E-state index in [2.05, 4.69) is 0 Å². The van der Waals surface area contributed by atoms with Gasteiger partial charge in [0, 0.05) is 18.9 Å². The van der Waals surface area contributed by atoms with Crippen molar-refractivity contribution in [2.24, 2.45) is 11.7 Å². The normalized spacial score (nSPS) is 11.8. The summed E-state index contributed by atoms with van der Waals surface area (Å²) in [5, 5.41) is 0. The Bertz CT molecular complexity index is 204. The minimum Gasteiger partial charge on any atom is -0.396 e. The molecule has 0 aliphatic heterocycles. The van der Waals surface area contributed by atoms with Crippen LogP contribution in [0.1, 0.15) is 20.8 Å². The van der Waals surface area contributed by atoms with Crippen LogP contribution in [0.15, 0.2) is 11.8 Å². The van der Waals surface area contributed by atoms with E-state index in [1.807, 2.05) is 0 Å². The van der Waals surface area contributed by atoms with Crippen LogP contribution >= 0.6 is 0 Å². The summed E-state index contributed by atoms with van der Waals surface area (Å²) in [6, 6.07) is 0. The van der Waals surface area contributed by atoms with Gasteiger partial charge in [0.25, 0.3) is 0 Å². The van der Waals surface area contributed by atoms with Crippen molar-refractivity contribution in [3.63, 3.8) is 0 Å². The molecule has 62 valence electrons. The van der Waals surface area contributed by atoms with Crippen LogP contribution in [-0.4, -0.2) is 11.6 Å². The zero-order chi connectivity index (χ0) is 9.02. The van der Waals surface area contributed by atoms with Crippen LogP contribution in [0.5, 0.6) is 0 Å². The van der Waals surface area contributed by atoms with Gasteiger partial charge in [0.05, 0.1) is 5.70 Å². The van der Waals surface area contributed by atoms with Gasteiger partial charge in [-0.1, -0.05) is 13.8 Å². The first-order chi connectivity index (χ1) is 4.95. The van der Waals surface area contributed by atoms with Crippen molar-refractivity contribution in [2.45, 2.75) is 20.8 Å². The highest BCUT2D eigenvalue weighted by Crippen LogP contribution is 1.97. The lowest BCUT2D eigenvalue weighted by Gasteiger charge is -1.98. The number of hydrogen-bond acceptors (Lipinski definition) is 3. The molecule has 11 heavy (non-hydrogen) atoms. The first kappa shape index (κ1) is 9.88. The Morgan fingerprint density at radius 2 is 1.82 bits per heavy atom. The molecule has 0 aliphatic carbocycles. The fourth-order valence-corrected chi connectivity index (χ4v) is 0.422. The molecule has 3 nitrogen and oxygen atoms in total. The van der Waals surface area contributed by atoms with E-state index in [0.29, 0.717) is 0 Å². The number of carbonyl (C=O) groups is 2. The molecule has 0 fully saturated rings. The van der Waals surface area contributed by atoms with Crippen molar-refractivity contribution < 1.29 is 9.59 Å². The van der Waals surface area contributed by atoms with Gasteiger partial charge in [-0.05, 0) is 0 Å². The van der Waals surface area contributed by atoms with E-state index in [9.17, 15) is 9.59 Å². The summed E-state index contributed by atoms with van der Waals surface area (Å²) in [7, 11) is 0. The maximum atomic E-state index is 10.9. The van der Waals surface area contributed by atoms with E-state index >= 15 is 0 Å². The number of Topliss-reactive ketones (excluding diaryl/α,β-unsaturated/α-hetero) is 1. The number of nitrogens with two attached hydrogens (primary N) is 1. The van der Waals surface area contributed by atoms with Gasteiger partial charge < -0.3 is 5.73 Å². The lowest BCUT2D eigenvalue weighted by molar-refractivity contribution is -0.118. The summed E-state index contributed by atoms with van der Waals surface area (Å²) in [5.41, 5.74) is 5.28. The molecule has 0 aromatic rings. The topological polar surface area (TPSA) is 60.2 Å². The average Bonchev–Trinajstić information content (AvgIpc) is 1.87. The maximum absolute atomic E-state index is 10.9. The first-order valence-electron chi connectivity index (χ1n) is 3.47. The van der Waals surface area contributed by atoms with Gasteiger partial charge in [-0.15, -0.1) is 0 Å². The Hall–Kier alpha value is -1.12. The number of rotatable bonds is 3. The average molecular weight is 155 g/mol. The summed E-state index contributed by atoms with van der Waals surface area (Å²) in [6.45, 7) is 4.85. The summed E-state index contributed by atoms with van der Waals surface area (Å²) < 4.78 is 0. The second kappa shape index (κ2) is 3.91. The van der Waals surface area contributed by atoms with E-state index in [4.69, 9.17) is 5.73 Å². The second-order valence-corrected chi connectivity index (χ2v) is 2.71. The molecule has 0 aliphatic rings. The van der Waals surface area contributed by atoms with Gasteiger partial charge in [-0.2, -0.15) is 0 Å². The van der Waals surface area contributed by atoms with Crippen molar-refractivity contribution in [3.05, 3.63) is 11.8 Å². The number of hydrogen-bond donors (Lipinski definition) is 1. The molecule has 0 radical (unpaired) electrons. The number of ketones is 2. The van der Waals surface area contributed by atoms with E-state index < -0.39 is 0 Å². The monoisotopic (exact) mass is 155 g/mol. The largest absolute Gasteiger partial charge is 0.396 e. The Morgan fingerprint density at radius 3 is 2.09 bits per heavy atom. The standard InChI is InChI=1S/C8H13NO2/c1-5(2)8(11)4-7(9)6(3)10/h4-5H,9H2,1-3H3/b7-4+. The van der Waals surface area contributed by atoms with Gasteiger partial charge in [0.1, 0.15) is 0 Å². The molecule has 0 aromatic carbocycles. The molecule has 0 atom stereocenters. The van der Waals surface area contributed by atoms with Crippen LogP contribution in [-0.2, 0) is 9.59 Å². The van der Waals surface area contributed by atoms with Gasteiger partial charge in [-0.3, -0.25) is 9.59 Å². The lowest BCUT2D eigenvalue weighted by Crippen LogP contribution is -2.12. The highest BCUT2D eigenvalue weighted by atomic mass is 16.1. The van der Waals surface area contributed by atoms with Crippen LogP contribution in [0.4, 0.5) is 0 Å². The van der Waals surface area contributed by atoms with Crippen LogP contribution in [0.2, 0.25) is 0 Å². The predicted octanol–water partition coefficient (Wildman–Crippen LogP) is 0.643. The van der Waals surface area contributed by atoms with Crippen LogP contribution in [0.25, 0.3) is 0 Å². The molecule has 0 saturated heterocycles. The molecule has 2 N–H and O–H groups in total. The molecular weight excluding hydrogens is 142 g/mol. The summed E-state index contributed by atoms with van der Waals surface area (Å²) in [6.07, 6.45) is 1.19. The molecule has 0 saturated carbocycles. The van der Waals surface area contributed by atoms with Crippen LogP contribution in [0.3, 0.4) is 0 Å². The Morgan fingerprint density at radius 1 is 1.36 bits per heavy atom. The molecule has 0 aromatic heterocycles. The zero-order valence-corrected chi connectivity index (χ0v) is 7.05. The van der Waals surface area contributed by atoms with Crippen molar-refractivity contribution in [2.75, 3.05) is 0 Å². The van der Waals surface area contributed by atoms with Crippen molar-refractivity contribution >= 4 is 11.6 Å². The highest BCUT2D eigenvalue weighted by molar-refractivity contribution is 6.01. The van der Waals surface area contributed by atoms with Crippen molar-refractivity contribution in [1.82, 2.24) is 0 Å². The fourth-order valence-electron chi connectivity index (χ4n) is 0.422. The lowest BCUT2D eigenvalue weighted by atomic mass is 10.1. The Balaban J connectivity index is 4.32. The number of carbonyl (C=O) groups excluding carboxylic acids is 2. The quantitative estimate of drug-likeness (QED) is 0.608. The summed E-state index contributed by atoms with van der Waals surface area (Å²) in [5.74, 6) is -0.482. The van der Waals surface area contributed by atoms with E-state index in [0.717, 1.165) is 0 Å². The molecule has 0 rings (SSSR count). The summed E-state index contributed by atoms with van der Waals surface area (Å²) >= 11 is 0. The zero-order valence-electron chi connectivity index (χ0n) is 7.05. The second-order valence-electron chi connectivity index (χ2n) is 2.71. The smallest absolute Gasteiger partial charge is 0.175 e. The molecular formula is C8H13NO2. The number of allylic oxidation sites excluding steroid dienone is 2. The third-order valence-electron chi connectivity index (χ3n) is 1.27. The third kappa shape index (κ3) is 3.55. The Kier molecular flexibility index (Phi) is 3.51. The molecule has 0 amide bonds. The van der Waals surface area contributed by atoms with E-state index in [-0.39, 0.29) is 23.2 Å². The van der Waals surface area contributed by atoms with E-state index in [1.165, 1.54) is 13.0 Å². The molecule has 0 unspecified atom stereocenters. The molecule has 0 spiro atoms. The minimum absolute atomic E-state index is 0.0312. The first-order valence-corrected chi connectivity index (χ1v) is 3.47. The summed E-state index contributed by atoms with van der Waals surface area (Å²) in [4.78, 5) is 21.5. The third-order valence-corrected chi connectivity index (χ3v) is 1.27. The predicted molar refractivity (Wildman–Crippen MR) is 42.8 cm³/mol. The van der Waals surface area contributed by atoms with Crippen molar-refractivity contribution in [1.29, 1.82) is 0 Å². The molecule has 0 heterocycles.